The highest BCUT2D eigenvalue weighted by Crippen LogP contribution is 2.73. The van der Waals surface area contributed by atoms with Crippen molar-refractivity contribution < 1.29 is 22.7 Å². The van der Waals surface area contributed by atoms with Gasteiger partial charge in [0.15, 0.2) is 0 Å². The van der Waals surface area contributed by atoms with Gasteiger partial charge >= 0.3 is 6.18 Å². The summed E-state index contributed by atoms with van der Waals surface area (Å²) < 4.78 is 45.2. The number of piperidine rings is 1. The number of halogens is 3. The van der Waals surface area contributed by atoms with Crippen LogP contribution in [0.1, 0.15) is 19.3 Å². The van der Waals surface area contributed by atoms with E-state index in [0.29, 0.717) is 6.04 Å². The van der Waals surface area contributed by atoms with Gasteiger partial charge in [0, 0.05) is 38.3 Å². The summed E-state index contributed by atoms with van der Waals surface area (Å²) in [5.74, 6) is -0.412. The van der Waals surface area contributed by atoms with Gasteiger partial charge in [-0.15, -0.1) is 0 Å². The van der Waals surface area contributed by atoms with Crippen LogP contribution in [0, 0.1) is 10.8 Å². The second-order valence-electron chi connectivity index (χ2n) is 7.39. The molecule has 4 aliphatic rings. The second kappa shape index (κ2) is 5.07. The first-order valence-electron chi connectivity index (χ1n) is 8.28. The van der Waals surface area contributed by atoms with Crippen molar-refractivity contribution in [1.29, 1.82) is 0 Å². The summed E-state index contributed by atoms with van der Waals surface area (Å²) in [5, 5.41) is 5.63. The summed E-state index contributed by atoms with van der Waals surface area (Å²) in [6.45, 7) is 3.27. The lowest BCUT2D eigenvalue weighted by Crippen LogP contribution is -2.57. The van der Waals surface area contributed by atoms with Gasteiger partial charge in [0.05, 0.1) is 24.0 Å². The van der Waals surface area contributed by atoms with Gasteiger partial charge in [-0.25, -0.2) is 0 Å². The van der Waals surface area contributed by atoms with Gasteiger partial charge in [0.25, 0.3) is 0 Å². The molecule has 0 bridgehead atoms. The molecule has 2 aliphatic heterocycles. The number of carbonyl (C=O) groups excluding carboxylic acids is 1. The van der Waals surface area contributed by atoms with Gasteiger partial charge in [-0.3, -0.25) is 9.69 Å². The predicted octanol–water partition coefficient (Wildman–Crippen LogP) is 0.508. The van der Waals surface area contributed by atoms with E-state index in [1.165, 1.54) is 0 Å². The molecule has 1 amide bonds. The molecule has 5 nitrogen and oxygen atoms in total. The average molecular weight is 333 g/mol. The Morgan fingerprint density at radius 2 is 1.91 bits per heavy atom. The number of alkyl halides is 3. The van der Waals surface area contributed by atoms with Crippen LogP contribution in [0.3, 0.4) is 0 Å². The van der Waals surface area contributed by atoms with E-state index in [1.54, 1.807) is 0 Å². The first-order valence-corrected chi connectivity index (χ1v) is 8.28. The van der Waals surface area contributed by atoms with Crippen molar-refractivity contribution in [2.24, 2.45) is 10.8 Å². The molecule has 0 aromatic rings. The third kappa shape index (κ3) is 2.21. The zero-order chi connectivity index (χ0) is 16.3. The highest BCUT2D eigenvalue weighted by Gasteiger charge is 2.84. The van der Waals surface area contributed by atoms with Crippen molar-refractivity contribution in [2.75, 3.05) is 39.4 Å². The fourth-order valence-corrected chi connectivity index (χ4v) is 4.54. The van der Waals surface area contributed by atoms with E-state index < -0.39 is 22.9 Å². The number of hydrogen-bond acceptors (Lipinski definition) is 4. The maximum atomic E-state index is 13.3. The van der Waals surface area contributed by atoms with Gasteiger partial charge in [-0.05, 0) is 19.3 Å². The molecule has 23 heavy (non-hydrogen) atoms. The third-order valence-electron chi connectivity index (χ3n) is 6.24. The summed E-state index contributed by atoms with van der Waals surface area (Å²) in [6, 6.07) is 0.437. The zero-order valence-corrected chi connectivity index (χ0v) is 12.9. The quantitative estimate of drug-likeness (QED) is 0.790. The van der Waals surface area contributed by atoms with Gasteiger partial charge < -0.3 is 15.4 Å². The van der Waals surface area contributed by atoms with Crippen LogP contribution in [0.25, 0.3) is 0 Å². The molecule has 4 rings (SSSR count). The van der Waals surface area contributed by atoms with Crippen LogP contribution in [0.4, 0.5) is 13.2 Å². The van der Waals surface area contributed by atoms with E-state index in [1.807, 2.05) is 0 Å². The maximum absolute atomic E-state index is 13.3. The molecule has 2 heterocycles. The molecule has 2 N–H and O–H groups in total. The molecule has 2 saturated carbocycles. The van der Waals surface area contributed by atoms with E-state index in [4.69, 9.17) is 4.74 Å². The number of rotatable bonds is 3. The molecule has 130 valence electrons. The smallest absolute Gasteiger partial charge is 0.379 e. The first-order chi connectivity index (χ1) is 10.9. The van der Waals surface area contributed by atoms with Crippen molar-refractivity contribution in [2.45, 2.75) is 37.5 Å². The Bertz CT molecular complexity index is 503. The molecule has 0 aromatic carbocycles. The maximum Gasteiger partial charge on any atom is 0.396 e. The van der Waals surface area contributed by atoms with Crippen molar-refractivity contribution >= 4 is 5.91 Å². The Morgan fingerprint density at radius 3 is 2.52 bits per heavy atom. The van der Waals surface area contributed by atoms with Gasteiger partial charge in [-0.1, -0.05) is 0 Å². The molecular weight excluding hydrogens is 311 g/mol. The van der Waals surface area contributed by atoms with Crippen molar-refractivity contribution in [1.82, 2.24) is 15.5 Å². The number of hydrogen-bond donors (Lipinski definition) is 2. The Kier molecular flexibility index (Phi) is 3.45. The molecule has 2 atom stereocenters. The van der Waals surface area contributed by atoms with Crippen molar-refractivity contribution in [3.05, 3.63) is 0 Å². The lowest BCUT2D eigenvalue weighted by Gasteiger charge is -2.44. The van der Waals surface area contributed by atoms with Gasteiger partial charge in [-0.2, -0.15) is 13.2 Å². The Morgan fingerprint density at radius 1 is 1.22 bits per heavy atom. The summed E-state index contributed by atoms with van der Waals surface area (Å²) in [4.78, 5) is 14.8. The van der Waals surface area contributed by atoms with Crippen LogP contribution >= 0.6 is 0 Å². The monoisotopic (exact) mass is 333 g/mol. The predicted molar refractivity (Wildman–Crippen MR) is 75.8 cm³/mol. The minimum Gasteiger partial charge on any atom is -0.379 e. The Hall–Kier alpha value is -0.860. The largest absolute Gasteiger partial charge is 0.396 e. The number of morpholine rings is 1. The lowest BCUT2D eigenvalue weighted by atomic mass is 9.84. The molecular formula is C15H22F3N3O2. The molecule has 0 spiro atoms. The second-order valence-corrected chi connectivity index (χ2v) is 7.39. The van der Waals surface area contributed by atoms with E-state index in [9.17, 15) is 18.0 Å². The molecule has 0 aromatic heterocycles. The molecule has 2 unspecified atom stereocenters. The normalized spacial score (nSPS) is 43.6. The van der Waals surface area contributed by atoms with E-state index in [2.05, 4.69) is 15.5 Å². The summed E-state index contributed by atoms with van der Waals surface area (Å²) >= 11 is 0. The van der Waals surface area contributed by atoms with Crippen LogP contribution < -0.4 is 10.6 Å². The van der Waals surface area contributed by atoms with Crippen LogP contribution in [-0.2, 0) is 9.53 Å². The first kappa shape index (κ1) is 15.7. The molecule has 8 heteroatoms. The minimum atomic E-state index is -4.32. The van der Waals surface area contributed by atoms with Crippen molar-refractivity contribution in [3.63, 3.8) is 0 Å². The molecule has 4 fully saturated rings. The standard InChI is InChI=1S/C15H22F3N3O2/c16-15(17,18)14-7-13(14,8-19-9-14)12(22)20-10-5-11(6-10)21-1-3-23-4-2-21/h10-11,19H,1-9H2,(H,20,22)/t10-,11-,13?,14?. The van der Waals surface area contributed by atoms with Crippen LogP contribution in [-0.4, -0.2) is 68.5 Å². The summed E-state index contributed by atoms with van der Waals surface area (Å²) in [5.41, 5.74) is -3.10. The Labute approximate surface area is 132 Å². The fourth-order valence-electron chi connectivity index (χ4n) is 4.54. The number of amides is 1. The van der Waals surface area contributed by atoms with Crippen LogP contribution in [0.5, 0.6) is 0 Å². The minimum absolute atomic E-state index is 0.0110. The topological polar surface area (TPSA) is 53.6 Å². The van der Waals surface area contributed by atoms with Crippen LogP contribution in [0.15, 0.2) is 0 Å². The molecule has 2 aliphatic carbocycles. The SMILES string of the molecule is O=C(N[C@H]1C[C@H](N2CCOCC2)C1)C12CNCC1(C(F)(F)F)C2. The van der Waals surface area contributed by atoms with Crippen molar-refractivity contribution in [3.8, 4) is 0 Å². The Balaban J connectivity index is 1.32. The zero-order valence-electron chi connectivity index (χ0n) is 12.9. The molecule has 2 saturated heterocycles. The van der Waals surface area contributed by atoms with Gasteiger partial charge in [0.1, 0.15) is 0 Å². The van der Waals surface area contributed by atoms with E-state index in [0.717, 1.165) is 39.1 Å². The molecule has 0 radical (unpaired) electrons. The van der Waals surface area contributed by atoms with E-state index >= 15 is 0 Å². The van der Waals surface area contributed by atoms with Gasteiger partial charge in [0.2, 0.25) is 5.91 Å². The number of nitrogens with one attached hydrogen (secondary N) is 2. The number of carbonyl (C=O) groups is 1. The highest BCUT2D eigenvalue weighted by atomic mass is 19.4. The summed E-state index contributed by atoms with van der Waals surface area (Å²) in [6.07, 6.45) is -2.73. The number of nitrogens with zero attached hydrogens (tertiary/aromatic N) is 1. The fraction of sp³-hybridized carbons (Fsp3) is 0.933. The lowest BCUT2D eigenvalue weighted by molar-refractivity contribution is -0.192. The highest BCUT2D eigenvalue weighted by molar-refractivity contribution is 5.88. The van der Waals surface area contributed by atoms with Crippen LogP contribution in [0.2, 0.25) is 0 Å². The average Bonchev–Trinajstić information content (AvgIpc) is 3.01. The number of ether oxygens (including phenoxy) is 1. The third-order valence-corrected chi connectivity index (χ3v) is 6.24. The number of fused-ring (bicyclic) bond motifs is 1. The summed E-state index contributed by atoms with van der Waals surface area (Å²) in [7, 11) is 0. The van der Waals surface area contributed by atoms with E-state index in [-0.39, 0.29) is 25.6 Å².